The van der Waals surface area contributed by atoms with Crippen molar-refractivity contribution in [3.8, 4) is 0 Å². The molecular weight excluding hydrogens is 312 g/mol. The summed E-state index contributed by atoms with van der Waals surface area (Å²) in [6.45, 7) is 14.9. The highest BCUT2D eigenvalue weighted by Crippen LogP contribution is 2.01. The monoisotopic (exact) mass is 346 g/mol. The van der Waals surface area contributed by atoms with Gasteiger partial charge in [-0.1, -0.05) is 0 Å². The number of hydrogen-bond acceptors (Lipinski definition) is 7. The van der Waals surface area contributed by atoms with E-state index in [0.717, 1.165) is 45.9 Å². The SMILES string of the molecule is CCOC(=O)COCCN1CCN(CCOCCOC(C)C)CC1. The van der Waals surface area contributed by atoms with Crippen LogP contribution < -0.4 is 0 Å². The summed E-state index contributed by atoms with van der Waals surface area (Å²) in [5.74, 6) is -0.291. The van der Waals surface area contributed by atoms with Gasteiger partial charge in [-0.3, -0.25) is 9.80 Å². The Morgan fingerprint density at radius 3 is 2.04 bits per heavy atom. The van der Waals surface area contributed by atoms with Gasteiger partial charge in [0, 0.05) is 39.3 Å². The van der Waals surface area contributed by atoms with Gasteiger partial charge >= 0.3 is 5.97 Å². The van der Waals surface area contributed by atoms with Gasteiger partial charge in [0.1, 0.15) is 6.61 Å². The van der Waals surface area contributed by atoms with Gasteiger partial charge in [0.2, 0.25) is 0 Å². The van der Waals surface area contributed by atoms with E-state index in [1.54, 1.807) is 6.92 Å². The van der Waals surface area contributed by atoms with Crippen LogP contribution in [0.15, 0.2) is 0 Å². The highest BCUT2D eigenvalue weighted by molar-refractivity contribution is 5.70. The summed E-state index contributed by atoms with van der Waals surface area (Å²) in [7, 11) is 0. The second-order valence-electron chi connectivity index (χ2n) is 6.07. The number of nitrogens with zero attached hydrogens (tertiary/aromatic N) is 2. The number of hydrogen-bond donors (Lipinski definition) is 0. The highest BCUT2D eigenvalue weighted by Gasteiger charge is 2.16. The quantitative estimate of drug-likeness (QED) is 0.358. The molecule has 0 radical (unpaired) electrons. The summed E-state index contributed by atoms with van der Waals surface area (Å²) in [4.78, 5) is 15.9. The van der Waals surface area contributed by atoms with E-state index in [1.165, 1.54) is 0 Å². The number of rotatable bonds is 13. The van der Waals surface area contributed by atoms with Crippen molar-refractivity contribution in [3.05, 3.63) is 0 Å². The topological polar surface area (TPSA) is 60.5 Å². The molecule has 0 aromatic carbocycles. The molecule has 24 heavy (non-hydrogen) atoms. The smallest absolute Gasteiger partial charge is 0.332 e. The maximum Gasteiger partial charge on any atom is 0.332 e. The summed E-state index contributed by atoms with van der Waals surface area (Å²) in [6, 6.07) is 0. The Bertz CT molecular complexity index is 320. The van der Waals surface area contributed by atoms with E-state index in [-0.39, 0.29) is 18.7 Å². The van der Waals surface area contributed by atoms with Crippen LogP contribution in [-0.4, -0.2) is 101 Å². The molecule has 0 spiro atoms. The molecule has 0 aromatic heterocycles. The van der Waals surface area contributed by atoms with Crippen molar-refractivity contribution in [2.24, 2.45) is 0 Å². The molecule has 0 aliphatic carbocycles. The maximum absolute atomic E-state index is 11.1. The molecule has 0 aromatic rings. The zero-order valence-corrected chi connectivity index (χ0v) is 15.5. The van der Waals surface area contributed by atoms with Crippen molar-refractivity contribution >= 4 is 5.97 Å². The molecule has 0 bridgehead atoms. The number of ether oxygens (including phenoxy) is 4. The van der Waals surface area contributed by atoms with E-state index in [0.29, 0.717) is 26.4 Å². The van der Waals surface area contributed by atoms with E-state index in [4.69, 9.17) is 18.9 Å². The predicted octanol–water partition coefficient (Wildman–Crippen LogP) is 0.625. The molecule has 7 heteroatoms. The Labute approximate surface area is 146 Å². The van der Waals surface area contributed by atoms with Gasteiger partial charge in [-0.05, 0) is 20.8 Å². The van der Waals surface area contributed by atoms with E-state index < -0.39 is 0 Å². The molecule has 0 unspecified atom stereocenters. The van der Waals surface area contributed by atoms with Gasteiger partial charge in [-0.2, -0.15) is 0 Å². The second-order valence-corrected chi connectivity index (χ2v) is 6.07. The minimum Gasteiger partial charge on any atom is -0.464 e. The number of esters is 1. The molecule has 0 amide bonds. The van der Waals surface area contributed by atoms with Crippen LogP contribution in [0.3, 0.4) is 0 Å². The molecule has 0 saturated carbocycles. The zero-order valence-electron chi connectivity index (χ0n) is 15.5. The molecule has 142 valence electrons. The minimum absolute atomic E-state index is 0.0473. The average molecular weight is 346 g/mol. The molecule has 1 aliphatic heterocycles. The first-order valence-electron chi connectivity index (χ1n) is 8.99. The van der Waals surface area contributed by atoms with Crippen molar-refractivity contribution in [3.63, 3.8) is 0 Å². The largest absolute Gasteiger partial charge is 0.464 e. The van der Waals surface area contributed by atoms with Gasteiger partial charge in [0.05, 0.1) is 39.1 Å². The first kappa shape index (κ1) is 21.3. The molecule has 0 atom stereocenters. The van der Waals surface area contributed by atoms with E-state index in [9.17, 15) is 4.79 Å². The van der Waals surface area contributed by atoms with Crippen molar-refractivity contribution in [2.45, 2.75) is 26.9 Å². The Kier molecular flexibility index (Phi) is 12.0. The zero-order chi connectivity index (χ0) is 17.6. The summed E-state index contributed by atoms with van der Waals surface area (Å²) in [5.41, 5.74) is 0. The van der Waals surface area contributed by atoms with Crippen LogP contribution >= 0.6 is 0 Å². The molecule has 0 N–H and O–H groups in total. The van der Waals surface area contributed by atoms with Gasteiger partial charge in [0.25, 0.3) is 0 Å². The van der Waals surface area contributed by atoms with Crippen molar-refractivity contribution < 1.29 is 23.7 Å². The molecule has 7 nitrogen and oxygen atoms in total. The third-order valence-electron chi connectivity index (χ3n) is 3.77. The third-order valence-corrected chi connectivity index (χ3v) is 3.77. The van der Waals surface area contributed by atoms with Crippen LogP contribution in [0.1, 0.15) is 20.8 Å². The van der Waals surface area contributed by atoms with Crippen LogP contribution in [0.4, 0.5) is 0 Å². The molecule has 1 aliphatic rings. The molecule has 1 rings (SSSR count). The summed E-state index contributed by atoms with van der Waals surface area (Å²) >= 11 is 0. The Morgan fingerprint density at radius 2 is 1.50 bits per heavy atom. The lowest BCUT2D eigenvalue weighted by Crippen LogP contribution is -2.48. The summed E-state index contributed by atoms with van der Waals surface area (Å²) in [6.07, 6.45) is 0.267. The first-order chi connectivity index (χ1) is 11.6. The molecule has 1 fully saturated rings. The number of carbonyl (C=O) groups is 1. The first-order valence-corrected chi connectivity index (χ1v) is 8.99. The summed E-state index contributed by atoms with van der Waals surface area (Å²) in [5, 5.41) is 0. The van der Waals surface area contributed by atoms with Gasteiger partial charge in [-0.15, -0.1) is 0 Å². The van der Waals surface area contributed by atoms with E-state index >= 15 is 0 Å². The van der Waals surface area contributed by atoms with Gasteiger partial charge in [-0.25, -0.2) is 4.79 Å². The fourth-order valence-electron chi connectivity index (χ4n) is 2.43. The predicted molar refractivity (Wildman–Crippen MR) is 92.2 cm³/mol. The fourth-order valence-corrected chi connectivity index (χ4v) is 2.43. The van der Waals surface area contributed by atoms with Crippen molar-refractivity contribution in [1.29, 1.82) is 0 Å². The van der Waals surface area contributed by atoms with Crippen molar-refractivity contribution in [1.82, 2.24) is 9.80 Å². The lowest BCUT2D eigenvalue weighted by Gasteiger charge is -2.34. The molecule has 1 heterocycles. The van der Waals surface area contributed by atoms with Crippen LogP contribution in [0.2, 0.25) is 0 Å². The number of piperazine rings is 1. The Hall–Kier alpha value is -0.730. The van der Waals surface area contributed by atoms with Crippen LogP contribution in [0, 0.1) is 0 Å². The lowest BCUT2D eigenvalue weighted by atomic mass is 10.3. The van der Waals surface area contributed by atoms with E-state index in [2.05, 4.69) is 9.80 Å². The maximum atomic E-state index is 11.1. The van der Waals surface area contributed by atoms with Gasteiger partial charge < -0.3 is 18.9 Å². The standard InChI is InChI=1S/C17H34N2O5/c1-4-23-17(20)15-22-12-10-19-7-5-18(6-8-19)9-11-21-13-14-24-16(2)3/h16H,4-15H2,1-3H3. The highest BCUT2D eigenvalue weighted by atomic mass is 16.6. The average Bonchev–Trinajstić information content (AvgIpc) is 2.56. The Morgan fingerprint density at radius 1 is 0.917 bits per heavy atom. The fraction of sp³-hybridized carbons (Fsp3) is 0.941. The van der Waals surface area contributed by atoms with E-state index in [1.807, 2.05) is 13.8 Å². The third kappa shape index (κ3) is 10.9. The Balaban J connectivity index is 1.93. The van der Waals surface area contributed by atoms with Crippen LogP contribution in [0.25, 0.3) is 0 Å². The molecule has 1 saturated heterocycles. The number of carbonyl (C=O) groups excluding carboxylic acids is 1. The normalized spacial score (nSPS) is 16.7. The van der Waals surface area contributed by atoms with Crippen LogP contribution in [0.5, 0.6) is 0 Å². The van der Waals surface area contributed by atoms with Crippen LogP contribution in [-0.2, 0) is 23.7 Å². The lowest BCUT2D eigenvalue weighted by molar-refractivity contribution is -0.148. The van der Waals surface area contributed by atoms with Gasteiger partial charge in [0.15, 0.2) is 0 Å². The second kappa shape index (κ2) is 13.5. The minimum atomic E-state index is -0.291. The summed E-state index contributed by atoms with van der Waals surface area (Å²) < 4.78 is 21.2. The van der Waals surface area contributed by atoms with Crippen molar-refractivity contribution in [2.75, 3.05) is 78.9 Å². The molecular formula is C17H34N2O5.